The summed E-state index contributed by atoms with van der Waals surface area (Å²) < 4.78 is 53.0. The van der Waals surface area contributed by atoms with Gasteiger partial charge < -0.3 is 0 Å². The minimum atomic E-state index is -4.01. The molecule has 1 N–H and O–H groups in total. The molecule has 1 aliphatic rings. The Morgan fingerprint density at radius 3 is 2.42 bits per heavy atom. The summed E-state index contributed by atoms with van der Waals surface area (Å²) in [5.74, 6) is -1.71. The van der Waals surface area contributed by atoms with Crippen LogP contribution in [0.4, 0.5) is 8.78 Å². The molecule has 0 heterocycles. The molecule has 0 amide bonds. The highest BCUT2D eigenvalue weighted by molar-refractivity contribution is 9.09. The lowest BCUT2D eigenvalue weighted by Gasteiger charge is -2.25. The molecular weight excluding hydrogens is 340 g/mol. The predicted molar refractivity (Wildman–Crippen MR) is 71.7 cm³/mol. The highest BCUT2D eigenvalue weighted by Crippen LogP contribution is 2.26. The van der Waals surface area contributed by atoms with Gasteiger partial charge in [-0.15, -0.1) is 0 Å². The van der Waals surface area contributed by atoms with E-state index in [1.807, 2.05) is 0 Å². The quantitative estimate of drug-likeness (QED) is 0.849. The van der Waals surface area contributed by atoms with E-state index in [1.54, 1.807) is 0 Å². The maximum Gasteiger partial charge on any atom is 0.243 e. The Morgan fingerprint density at radius 2 is 1.79 bits per heavy atom. The summed E-state index contributed by atoms with van der Waals surface area (Å²) in [6.07, 6.45) is 3.09. The molecule has 7 heteroatoms. The molecule has 2 rings (SSSR count). The Hall–Kier alpha value is -0.530. The highest BCUT2D eigenvalue weighted by Gasteiger charge is 2.26. The van der Waals surface area contributed by atoms with Crippen LogP contribution in [-0.2, 0) is 10.0 Å². The number of benzene rings is 1. The van der Waals surface area contributed by atoms with Gasteiger partial charge in [-0.2, -0.15) is 0 Å². The molecule has 0 saturated heterocycles. The molecule has 0 unspecified atom stereocenters. The molecule has 1 aliphatic carbocycles. The van der Waals surface area contributed by atoms with Crippen molar-refractivity contribution in [1.29, 1.82) is 0 Å². The Kier molecular flexibility index (Phi) is 4.58. The van der Waals surface area contributed by atoms with Crippen LogP contribution >= 0.6 is 15.9 Å². The fourth-order valence-corrected chi connectivity index (χ4v) is 4.06. The normalized spacial score (nSPS) is 24.4. The van der Waals surface area contributed by atoms with Gasteiger partial charge in [0, 0.05) is 10.9 Å². The molecule has 1 fully saturated rings. The van der Waals surface area contributed by atoms with Crippen LogP contribution in [0.1, 0.15) is 25.7 Å². The molecule has 3 nitrogen and oxygen atoms in total. The van der Waals surface area contributed by atoms with Crippen LogP contribution in [0.3, 0.4) is 0 Å². The molecule has 19 heavy (non-hydrogen) atoms. The number of alkyl halides is 1. The smallest absolute Gasteiger partial charge is 0.208 e. The largest absolute Gasteiger partial charge is 0.243 e. The lowest BCUT2D eigenvalue weighted by Crippen LogP contribution is -2.38. The molecule has 1 saturated carbocycles. The minimum Gasteiger partial charge on any atom is -0.208 e. The second-order valence-electron chi connectivity index (χ2n) is 4.64. The van der Waals surface area contributed by atoms with Gasteiger partial charge in [0.25, 0.3) is 0 Å². The molecule has 1 aromatic carbocycles. The first-order valence-electron chi connectivity index (χ1n) is 6.00. The Morgan fingerprint density at radius 1 is 1.16 bits per heavy atom. The van der Waals surface area contributed by atoms with Crippen molar-refractivity contribution in [2.24, 2.45) is 0 Å². The first-order chi connectivity index (χ1) is 8.88. The van der Waals surface area contributed by atoms with Crippen molar-refractivity contribution in [3.63, 3.8) is 0 Å². The molecule has 1 aromatic rings. The van der Waals surface area contributed by atoms with E-state index in [9.17, 15) is 17.2 Å². The van der Waals surface area contributed by atoms with E-state index in [-0.39, 0.29) is 6.04 Å². The van der Waals surface area contributed by atoms with E-state index in [1.165, 1.54) is 0 Å². The predicted octanol–water partition coefficient (Wildman–Crippen LogP) is 2.95. The zero-order valence-corrected chi connectivity index (χ0v) is 12.5. The van der Waals surface area contributed by atoms with Crippen molar-refractivity contribution in [2.75, 3.05) is 0 Å². The van der Waals surface area contributed by atoms with Crippen molar-refractivity contribution >= 4 is 26.0 Å². The van der Waals surface area contributed by atoms with Gasteiger partial charge in [-0.3, -0.25) is 0 Å². The van der Waals surface area contributed by atoms with Gasteiger partial charge in [0.2, 0.25) is 10.0 Å². The van der Waals surface area contributed by atoms with Crippen molar-refractivity contribution < 1.29 is 17.2 Å². The van der Waals surface area contributed by atoms with Gasteiger partial charge in [0.15, 0.2) is 0 Å². The average Bonchev–Trinajstić information content (AvgIpc) is 2.35. The van der Waals surface area contributed by atoms with Crippen molar-refractivity contribution in [1.82, 2.24) is 4.72 Å². The van der Waals surface area contributed by atoms with E-state index >= 15 is 0 Å². The summed E-state index contributed by atoms with van der Waals surface area (Å²) in [4.78, 5) is -0.229. The SMILES string of the molecule is O=S(=O)(NC1CCC(Br)CC1)c1cc(F)ccc1F. The minimum absolute atomic E-state index is 0.221. The van der Waals surface area contributed by atoms with Gasteiger partial charge in [0.1, 0.15) is 16.5 Å². The number of nitrogens with one attached hydrogen (secondary N) is 1. The van der Waals surface area contributed by atoms with E-state index in [0.29, 0.717) is 23.7 Å². The summed E-state index contributed by atoms with van der Waals surface area (Å²) in [7, 11) is -4.01. The molecule has 0 spiro atoms. The van der Waals surface area contributed by atoms with Crippen LogP contribution in [0, 0.1) is 11.6 Å². The second kappa shape index (κ2) is 5.85. The molecular formula is C12H14BrF2NO2S. The Labute approximate surface area is 119 Å². The molecule has 106 valence electrons. The molecule has 0 bridgehead atoms. The first kappa shape index (κ1) is 14.9. The fourth-order valence-electron chi connectivity index (χ4n) is 2.14. The van der Waals surface area contributed by atoms with Crippen LogP contribution in [0.2, 0.25) is 0 Å². The van der Waals surface area contributed by atoms with Crippen LogP contribution < -0.4 is 4.72 Å². The van der Waals surface area contributed by atoms with Crippen LogP contribution in [0.25, 0.3) is 0 Å². The number of rotatable bonds is 3. The number of hydrogen-bond donors (Lipinski definition) is 1. The Balaban J connectivity index is 2.16. The third kappa shape index (κ3) is 3.73. The highest BCUT2D eigenvalue weighted by atomic mass is 79.9. The van der Waals surface area contributed by atoms with E-state index in [2.05, 4.69) is 20.7 Å². The summed E-state index contributed by atoms with van der Waals surface area (Å²) in [5.41, 5.74) is 0. The summed E-state index contributed by atoms with van der Waals surface area (Å²) >= 11 is 3.47. The standard InChI is InChI=1S/C12H14BrF2NO2S/c13-8-1-4-10(5-2-8)16-19(17,18)12-7-9(14)3-6-11(12)15/h3,6-8,10,16H,1-2,4-5H2. The van der Waals surface area contributed by atoms with Crippen molar-refractivity contribution in [3.8, 4) is 0 Å². The summed E-state index contributed by atoms with van der Waals surface area (Å²) in [5, 5.41) is 0. The maximum absolute atomic E-state index is 13.5. The van der Waals surface area contributed by atoms with Gasteiger partial charge in [-0.05, 0) is 43.9 Å². The van der Waals surface area contributed by atoms with Gasteiger partial charge in [-0.1, -0.05) is 15.9 Å². The lowest BCUT2D eigenvalue weighted by atomic mass is 9.96. The van der Waals surface area contributed by atoms with E-state index in [4.69, 9.17) is 0 Å². The fraction of sp³-hybridized carbons (Fsp3) is 0.500. The van der Waals surface area contributed by atoms with Gasteiger partial charge in [-0.25, -0.2) is 21.9 Å². The summed E-state index contributed by atoms with van der Waals surface area (Å²) in [6.45, 7) is 0. The van der Waals surface area contributed by atoms with Crippen LogP contribution in [0.5, 0.6) is 0 Å². The second-order valence-corrected chi connectivity index (χ2v) is 7.62. The molecule has 0 aromatic heterocycles. The molecule has 0 aliphatic heterocycles. The first-order valence-corrected chi connectivity index (χ1v) is 8.40. The molecule has 0 atom stereocenters. The van der Waals surface area contributed by atoms with Crippen molar-refractivity contribution in [3.05, 3.63) is 29.8 Å². The zero-order chi connectivity index (χ0) is 14.0. The molecule has 0 radical (unpaired) electrons. The number of sulfonamides is 1. The van der Waals surface area contributed by atoms with Crippen LogP contribution in [-0.4, -0.2) is 19.3 Å². The third-order valence-electron chi connectivity index (χ3n) is 3.16. The number of halogens is 3. The topological polar surface area (TPSA) is 46.2 Å². The Bertz CT molecular complexity index is 557. The zero-order valence-electron chi connectivity index (χ0n) is 10.1. The third-order valence-corrected chi connectivity index (χ3v) is 5.61. The lowest BCUT2D eigenvalue weighted by molar-refractivity contribution is 0.421. The average molecular weight is 354 g/mol. The monoisotopic (exact) mass is 353 g/mol. The maximum atomic E-state index is 13.5. The summed E-state index contributed by atoms with van der Waals surface area (Å²) in [6, 6.07) is 2.19. The van der Waals surface area contributed by atoms with Gasteiger partial charge in [0.05, 0.1) is 0 Å². The van der Waals surface area contributed by atoms with E-state index < -0.39 is 26.6 Å². The van der Waals surface area contributed by atoms with Gasteiger partial charge >= 0.3 is 0 Å². The number of hydrogen-bond acceptors (Lipinski definition) is 2. The van der Waals surface area contributed by atoms with E-state index in [0.717, 1.165) is 25.0 Å². The van der Waals surface area contributed by atoms with Crippen molar-refractivity contribution in [2.45, 2.75) is 41.4 Å². The van der Waals surface area contributed by atoms with Crippen LogP contribution in [0.15, 0.2) is 23.1 Å².